The van der Waals surface area contributed by atoms with Crippen molar-refractivity contribution in [2.24, 2.45) is 5.14 Å². The number of nitrogens with two attached hydrogens (primary N) is 1. The summed E-state index contributed by atoms with van der Waals surface area (Å²) in [5.41, 5.74) is -0.711. The van der Waals surface area contributed by atoms with Crippen LogP contribution in [0.5, 0.6) is 0 Å². The molecular weight excluding hydrogens is 527 g/mol. The fraction of sp³-hybridized carbons (Fsp3) is 0.318. The average Bonchev–Trinajstić information content (AvgIpc) is 2.71. The number of amides is 3. The SMILES string of the molecule is CC(C)(C(=O)NCc1cc(Cl)c(C2CCC(=O)NC2=O)c(Cl)c1)c1cc(F)c(S(N)(=O)=O)c(F)c1. The monoisotopic (exact) mass is 547 g/mol. The van der Waals surface area contributed by atoms with Crippen molar-refractivity contribution in [2.45, 2.75) is 49.5 Å². The number of carbonyl (C=O) groups excluding carboxylic acids is 3. The minimum Gasteiger partial charge on any atom is -0.351 e. The summed E-state index contributed by atoms with van der Waals surface area (Å²) in [6.07, 6.45) is 0.404. The Bertz CT molecular complexity index is 1300. The third-order valence-corrected chi connectivity index (χ3v) is 7.34. The summed E-state index contributed by atoms with van der Waals surface area (Å²) >= 11 is 12.7. The van der Waals surface area contributed by atoms with E-state index < -0.39 is 49.7 Å². The average molecular weight is 548 g/mol. The van der Waals surface area contributed by atoms with Crippen molar-refractivity contribution in [3.05, 3.63) is 62.6 Å². The molecule has 2 aromatic carbocycles. The standard InChI is InChI=1S/C22H21Cl2F2N3O5S/c1-22(2,11-7-15(25)19(16(26)8-11)35(27,33)34)21(32)28-9-10-5-13(23)18(14(24)6-10)12-3-4-17(30)29-20(12)31/h5-8,12H,3-4,9H2,1-2H3,(H,28,32)(H2,27,33,34)(H,29,30,31). The summed E-state index contributed by atoms with van der Waals surface area (Å²) in [5.74, 6) is -5.02. The first-order chi connectivity index (χ1) is 16.1. The van der Waals surface area contributed by atoms with Gasteiger partial charge in [-0.15, -0.1) is 0 Å². The van der Waals surface area contributed by atoms with E-state index in [1.54, 1.807) is 0 Å². The van der Waals surface area contributed by atoms with Crippen molar-refractivity contribution in [1.82, 2.24) is 10.6 Å². The molecule has 4 N–H and O–H groups in total. The quantitative estimate of drug-likeness (QED) is 0.477. The second kappa shape index (κ2) is 9.81. The van der Waals surface area contributed by atoms with Crippen LogP contribution in [0, 0.1) is 11.6 Å². The van der Waals surface area contributed by atoms with E-state index in [1.807, 2.05) is 0 Å². The van der Waals surface area contributed by atoms with Crippen molar-refractivity contribution in [3.8, 4) is 0 Å². The van der Waals surface area contributed by atoms with Crippen molar-refractivity contribution >= 4 is 50.9 Å². The number of piperidine rings is 1. The van der Waals surface area contributed by atoms with Crippen LogP contribution in [0.15, 0.2) is 29.2 Å². The van der Waals surface area contributed by atoms with E-state index in [-0.39, 0.29) is 40.9 Å². The molecule has 13 heteroatoms. The Morgan fingerprint density at radius 2 is 1.69 bits per heavy atom. The predicted octanol–water partition coefficient (Wildman–Crippen LogP) is 3.03. The summed E-state index contributed by atoms with van der Waals surface area (Å²) in [4.78, 5) is 35.1. The van der Waals surface area contributed by atoms with Gasteiger partial charge in [0.2, 0.25) is 27.7 Å². The van der Waals surface area contributed by atoms with Gasteiger partial charge in [0.15, 0.2) is 4.90 Å². The Hall–Kier alpha value is -2.60. The zero-order chi connectivity index (χ0) is 26.3. The van der Waals surface area contributed by atoms with Gasteiger partial charge in [-0.25, -0.2) is 22.3 Å². The molecule has 0 bridgehead atoms. The van der Waals surface area contributed by atoms with E-state index in [0.29, 0.717) is 11.1 Å². The summed E-state index contributed by atoms with van der Waals surface area (Å²) < 4.78 is 51.3. The molecule has 0 aromatic heterocycles. The summed E-state index contributed by atoms with van der Waals surface area (Å²) in [7, 11) is -4.64. The molecule has 0 aliphatic carbocycles. The molecule has 3 amide bonds. The van der Waals surface area contributed by atoms with Gasteiger partial charge in [-0.1, -0.05) is 23.2 Å². The van der Waals surface area contributed by atoms with Gasteiger partial charge in [-0.05, 0) is 55.7 Å². The van der Waals surface area contributed by atoms with Crippen LogP contribution in [0.25, 0.3) is 0 Å². The van der Waals surface area contributed by atoms with Gasteiger partial charge in [0, 0.05) is 28.6 Å². The Morgan fingerprint density at radius 1 is 1.14 bits per heavy atom. The number of primary sulfonamides is 1. The lowest BCUT2D eigenvalue weighted by Gasteiger charge is -2.25. The van der Waals surface area contributed by atoms with Crippen molar-refractivity contribution in [1.29, 1.82) is 0 Å². The summed E-state index contributed by atoms with van der Waals surface area (Å²) in [5, 5.41) is 10.1. The Kier molecular flexibility index (Phi) is 7.56. The highest BCUT2D eigenvalue weighted by Gasteiger charge is 2.34. The van der Waals surface area contributed by atoms with Gasteiger partial charge in [0.25, 0.3) is 0 Å². The highest BCUT2D eigenvalue weighted by Crippen LogP contribution is 2.37. The highest BCUT2D eigenvalue weighted by atomic mass is 35.5. The number of imide groups is 1. The molecule has 1 heterocycles. The number of hydrogen-bond acceptors (Lipinski definition) is 5. The van der Waals surface area contributed by atoms with E-state index in [4.69, 9.17) is 28.3 Å². The van der Waals surface area contributed by atoms with Crippen LogP contribution in [0.3, 0.4) is 0 Å². The van der Waals surface area contributed by atoms with Crippen LogP contribution in [-0.4, -0.2) is 26.1 Å². The largest absolute Gasteiger partial charge is 0.351 e. The van der Waals surface area contributed by atoms with Crippen molar-refractivity contribution in [2.75, 3.05) is 0 Å². The Labute approximate surface area is 210 Å². The predicted molar refractivity (Wildman–Crippen MR) is 124 cm³/mol. The van der Waals surface area contributed by atoms with Crippen LogP contribution in [0.1, 0.15) is 49.3 Å². The fourth-order valence-electron chi connectivity index (χ4n) is 3.77. The van der Waals surface area contributed by atoms with Crippen LogP contribution in [-0.2, 0) is 36.4 Å². The van der Waals surface area contributed by atoms with Crippen LogP contribution >= 0.6 is 23.2 Å². The molecule has 1 aliphatic heterocycles. The van der Waals surface area contributed by atoms with Crippen molar-refractivity contribution in [3.63, 3.8) is 0 Å². The molecule has 8 nitrogen and oxygen atoms in total. The number of carbonyl (C=O) groups is 3. The lowest BCUT2D eigenvalue weighted by molar-refractivity contribution is -0.134. The number of nitrogens with one attached hydrogen (secondary N) is 2. The van der Waals surface area contributed by atoms with Gasteiger partial charge >= 0.3 is 0 Å². The molecule has 188 valence electrons. The van der Waals surface area contributed by atoms with Crippen LogP contribution in [0.2, 0.25) is 10.0 Å². The number of hydrogen-bond donors (Lipinski definition) is 3. The highest BCUT2D eigenvalue weighted by molar-refractivity contribution is 7.89. The third-order valence-electron chi connectivity index (χ3n) is 5.75. The lowest BCUT2D eigenvalue weighted by atomic mass is 9.83. The molecular formula is C22H21Cl2F2N3O5S. The topological polar surface area (TPSA) is 135 Å². The maximum atomic E-state index is 14.3. The first kappa shape index (κ1) is 27.0. The molecule has 35 heavy (non-hydrogen) atoms. The first-order valence-corrected chi connectivity index (χ1v) is 12.5. The van der Waals surface area contributed by atoms with E-state index in [0.717, 1.165) is 12.1 Å². The molecule has 3 rings (SSSR count). The van der Waals surface area contributed by atoms with E-state index in [1.165, 1.54) is 26.0 Å². The van der Waals surface area contributed by atoms with Gasteiger partial charge in [0.05, 0.1) is 11.3 Å². The molecule has 0 spiro atoms. The van der Waals surface area contributed by atoms with E-state index in [2.05, 4.69) is 10.6 Å². The number of halogens is 4. The smallest absolute Gasteiger partial charge is 0.243 e. The van der Waals surface area contributed by atoms with Gasteiger partial charge in [0.1, 0.15) is 11.6 Å². The zero-order valence-corrected chi connectivity index (χ0v) is 20.9. The number of rotatable bonds is 6. The maximum Gasteiger partial charge on any atom is 0.243 e. The Balaban J connectivity index is 1.79. The minimum atomic E-state index is -4.64. The summed E-state index contributed by atoms with van der Waals surface area (Å²) in [6.45, 7) is 2.75. The second-order valence-electron chi connectivity index (χ2n) is 8.60. The van der Waals surface area contributed by atoms with Crippen LogP contribution in [0.4, 0.5) is 8.78 Å². The van der Waals surface area contributed by atoms with E-state index >= 15 is 0 Å². The minimum absolute atomic E-state index is 0.0580. The summed E-state index contributed by atoms with van der Waals surface area (Å²) in [6, 6.07) is 4.51. The molecule has 1 unspecified atom stereocenters. The molecule has 1 fully saturated rings. The zero-order valence-electron chi connectivity index (χ0n) is 18.5. The van der Waals surface area contributed by atoms with Crippen LogP contribution < -0.4 is 15.8 Å². The molecule has 2 aromatic rings. The lowest BCUT2D eigenvalue weighted by Crippen LogP contribution is -2.40. The van der Waals surface area contributed by atoms with Gasteiger partial charge in [-0.2, -0.15) is 0 Å². The van der Waals surface area contributed by atoms with E-state index in [9.17, 15) is 31.6 Å². The number of sulfonamides is 1. The van der Waals surface area contributed by atoms with Gasteiger partial charge in [-0.3, -0.25) is 19.7 Å². The molecule has 0 radical (unpaired) electrons. The fourth-order valence-corrected chi connectivity index (χ4v) is 5.22. The number of benzene rings is 2. The molecule has 1 atom stereocenters. The van der Waals surface area contributed by atoms with Crippen molar-refractivity contribution < 1.29 is 31.6 Å². The Morgan fingerprint density at radius 3 is 2.17 bits per heavy atom. The molecule has 1 saturated heterocycles. The molecule has 1 aliphatic rings. The molecule has 0 saturated carbocycles. The maximum absolute atomic E-state index is 14.3. The second-order valence-corrected chi connectivity index (χ2v) is 10.9. The van der Waals surface area contributed by atoms with Gasteiger partial charge < -0.3 is 5.32 Å². The first-order valence-electron chi connectivity index (χ1n) is 10.2. The normalized spacial score (nSPS) is 16.7. The third kappa shape index (κ3) is 5.64.